The smallest absolute Gasteiger partial charge is 0.258 e. The summed E-state index contributed by atoms with van der Waals surface area (Å²) in [6.45, 7) is 0.515. The van der Waals surface area contributed by atoms with Crippen LogP contribution in [0.2, 0.25) is 0 Å². The fourth-order valence-corrected chi connectivity index (χ4v) is 7.63. The zero-order chi connectivity index (χ0) is 28.5. The van der Waals surface area contributed by atoms with E-state index in [0.717, 1.165) is 80.9 Å². The number of anilines is 1. The molecule has 1 unspecified atom stereocenters. The Balaban J connectivity index is 1.05. The van der Waals surface area contributed by atoms with Gasteiger partial charge >= 0.3 is 0 Å². The lowest BCUT2D eigenvalue weighted by Crippen LogP contribution is -2.51. The van der Waals surface area contributed by atoms with Gasteiger partial charge in [-0.3, -0.25) is 4.79 Å². The van der Waals surface area contributed by atoms with Crippen molar-refractivity contribution < 1.29 is 22.6 Å². The largest absolute Gasteiger partial charge is 0.339 e. The summed E-state index contributed by atoms with van der Waals surface area (Å²) in [5.41, 5.74) is 1.28. The molecule has 8 nitrogen and oxygen atoms in total. The van der Waals surface area contributed by atoms with Gasteiger partial charge in [-0.2, -0.15) is 9.97 Å². The van der Waals surface area contributed by atoms with E-state index in [4.69, 9.17) is 14.0 Å². The summed E-state index contributed by atoms with van der Waals surface area (Å²) >= 11 is 0. The standard InChI is InChI=1S/C32H37F2N5O3/c33-32(34)9-8-23(18-32)28(40)39(24-3-1-2-22(17-24)27-36-26(38-41-27)21-6-7-21)19-30-10-13-31(14-11-30,15-12-30)29-35-25(37-42-29)16-20-4-5-20/h1-3,17,20-21,23H,4-16,18-19H2. The van der Waals surface area contributed by atoms with Crippen molar-refractivity contribution in [3.05, 3.63) is 41.8 Å². The fourth-order valence-electron chi connectivity index (χ4n) is 7.63. The zero-order valence-corrected chi connectivity index (χ0v) is 23.9. The topological polar surface area (TPSA) is 98.2 Å². The van der Waals surface area contributed by atoms with Crippen molar-refractivity contribution in [2.45, 2.75) is 107 Å². The molecule has 2 aromatic heterocycles. The normalized spacial score (nSPS) is 30.1. The van der Waals surface area contributed by atoms with Crippen molar-refractivity contribution in [2.75, 3.05) is 11.4 Å². The Labute approximate surface area is 243 Å². The summed E-state index contributed by atoms with van der Waals surface area (Å²) in [5.74, 6) is 0.180. The highest BCUT2D eigenvalue weighted by Gasteiger charge is 2.54. The minimum Gasteiger partial charge on any atom is -0.339 e. The summed E-state index contributed by atoms with van der Waals surface area (Å²) in [5, 5.41) is 8.45. The lowest BCUT2D eigenvalue weighted by Gasteiger charge is -2.53. The maximum atomic E-state index is 14.2. The third-order valence-corrected chi connectivity index (χ3v) is 10.8. The molecule has 1 aromatic carbocycles. The minimum absolute atomic E-state index is 0.0744. The van der Waals surface area contributed by atoms with Crippen molar-refractivity contribution in [3.8, 4) is 11.5 Å². The average molecular weight is 578 g/mol. The molecule has 3 aromatic rings. The van der Waals surface area contributed by atoms with Crippen LogP contribution >= 0.6 is 0 Å². The molecular formula is C32H37F2N5O3. The molecule has 1 amide bonds. The number of alkyl halides is 2. The molecule has 0 spiro atoms. The highest BCUT2D eigenvalue weighted by atomic mass is 19.3. The molecule has 0 aliphatic heterocycles. The van der Waals surface area contributed by atoms with E-state index in [1.807, 2.05) is 24.3 Å². The number of carbonyl (C=O) groups excluding carboxylic acids is 1. The maximum absolute atomic E-state index is 14.2. The number of benzene rings is 1. The molecule has 6 aliphatic rings. The monoisotopic (exact) mass is 577 g/mol. The number of carbonyl (C=O) groups is 1. The van der Waals surface area contributed by atoms with Crippen LogP contribution in [0, 0.1) is 17.3 Å². The Morgan fingerprint density at radius 3 is 2.40 bits per heavy atom. The van der Waals surface area contributed by atoms with Gasteiger partial charge in [0, 0.05) is 54.3 Å². The summed E-state index contributed by atoms with van der Waals surface area (Å²) in [6, 6.07) is 7.59. The molecule has 6 aliphatic carbocycles. The number of amides is 1. The predicted molar refractivity (Wildman–Crippen MR) is 149 cm³/mol. The van der Waals surface area contributed by atoms with E-state index >= 15 is 0 Å². The van der Waals surface area contributed by atoms with E-state index in [2.05, 4.69) is 15.3 Å². The van der Waals surface area contributed by atoms with E-state index < -0.39 is 11.8 Å². The molecule has 6 fully saturated rings. The first kappa shape index (κ1) is 26.5. The molecule has 10 heteroatoms. The van der Waals surface area contributed by atoms with Gasteiger partial charge in [-0.25, -0.2) is 8.78 Å². The molecule has 2 heterocycles. The average Bonchev–Trinajstić information content (AvgIpc) is 3.88. The second kappa shape index (κ2) is 9.67. The second-order valence-corrected chi connectivity index (χ2v) is 13.9. The van der Waals surface area contributed by atoms with Gasteiger partial charge in [0.1, 0.15) is 0 Å². The molecule has 222 valence electrons. The molecular weight excluding hydrogens is 540 g/mol. The first-order valence-electron chi connectivity index (χ1n) is 15.8. The van der Waals surface area contributed by atoms with Crippen LogP contribution in [-0.4, -0.2) is 38.7 Å². The van der Waals surface area contributed by atoms with Crippen molar-refractivity contribution >= 4 is 11.6 Å². The number of hydrogen-bond donors (Lipinski definition) is 0. The van der Waals surface area contributed by atoms with Crippen LogP contribution in [0.15, 0.2) is 33.3 Å². The van der Waals surface area contributed by atoms with Crippen molar-refractivity contribution in [2.24, 2.45) is 17.3 Å². The Morgan fingerprint density at radius 1 is 0.929 bits per heavy atom. The van der Waals surface area contributed by atoms with Crippen LogP contribution in [0.5, 0.6) is 0 Å². The number of rotatable bonds is 9. The maximum Gasteiger partial charge on any atom is 0.258 e. The van der Waals surface area contributed by atoms with Crippen LogP contribution in [0.25, 0.3) is 11.5 Å². The Bertz CT molecular complexity index is 1470. The van der Waals surface area contributed by atoms with E-state index in [-0.39, 0.29) is 36.0 Å². The van der Waals surface area contributed by atoms with Crippen molar-refractivity contribution in [3.63, 3.8) is 0 Å². The van der Waals surface area contributed by atoms with Crippen molar-refractivity contribution in [1.29, 1.82) is 0 Å². The highest BCUT2D eigenvalue weighted by Crippen LogP contribution is 2.58. The van der Waals surface area contributed by atoms with Gasteiger partial charge in [-0.05, 0) is 100 Å². The summed E-state index contributed by atoms with van der Waals surface area (Å²) in [6.07, 6.45) is 10.8. The van der Waals surface area contributed by atoms with Gasteiger partial charge in [0.2, 0.25) is 17.7 Å². The molecule has 0 N–H and O–H groups in total. The van der Waals surface area contributed by atoms with Gasteiger partial charge < -0.3 is 13.9 Å². The SMILES string of the molecule is O=C(C1CCC(F)(F)C1)N(CC12CCC(c3nc(CC4CC4)no3)(CC1)CC2)c1cccc(-c2nc(C3CC3)no2)c1. The molecule has 2 bridgehead atoms. The highest BCUT2D eigenvalue weighted by molar-refractivity contribution is 5.96. The minimum atomic E-state index is -2.78. The van der Waals surface area contributed by atoms with Crippen LogP contribution in [0.4, 0.5) is 14.5 Å². The summed E-state index contributed by atoms with van der Waals surface area (Å²) in [7, 11) is 0. The van der Waals surface area contributed by atoms with E-state index in [0.29, 0.717) is 30.0 Å². The van der Waals surface area contributed by atoms with Gasteiger partial charge in [0.15, 0.2) is 11.6 Å². The lowest BCUT2D eigenvalue weighted by molar-refractivity contribution is -0.124. The van der Waals surface area contributed by atoms with E-state index in [9.17, 15) is 13.6 Å². The van der Waals surface area contributed by atoms with Crippen LogP contribution in [-0.2, 0) is 16.6 Å². The third-order valence-electron chi connectivity index (χ3n) is 10.8. The van der Waals surface area contributed by atoms with E-state index in [1.54, 1.807) is 4.90 Å². The van der Waals surface area contributed by atoms with Crippen LogP contribution in [0.3, 0.4) is 0 Å². The zero-order valence-electron chi connectivity index (χ0n) is 23.9. The van der Waals surface area contributed by atoms with Crippen LogP contribution in [0.1, 0.15) is 107 Å². The Kier molecular flexibility index (Phi) is 6.09. The summed E-state index contributed by atoms with van der Waals surface area (Å²) in [4.78, 5) is 25.2. The van der Waals surface area contributed by atoms with Crippen LogP contribution < -0.4 is 4.90 Å². The van der Waals surface area contributed by atoms with Gasteiger partial charge in [0.25, 0.3) is 5.89 Å². The second-order valence-electron chi connectivity index (χ2n) is 13.9. The Hall–Kier alpha value is -3.17. The lowest BCUT2D eigenvalue weighted by atomic mass is 9.53. The summed E-state index contributed by atoms with van der Waals surface area (Å²) < 4.78 is 39.9. The van der Waals surface area contributed by atoms with E-state index in [1.165, 1.54) is 12.8 Å². The number of hydrogen-bond acceptors (Lipinski definition) is 7. The number of aromatic nitrogens is 4. The van der Waals surface area contributed by atoms with Crippen molar-refractivity contribution in [1.82, 2.24) is 20.3 Å². The molecule has 42 heavy (non-hydrogen) atoms. The molecule has 0 saturated heterocycles. The van der Waals surface area contributed by atoms with Gasteiger partial charge in [0.05, 0.1) is 0 Å². The molecule has 9 rings (SSSR count). The Morgan fingerprint density at radius 2 is 1.71 bits per heavy atom. The van der Waals surface area contributed by atoms with Gasteiger partial charge in [-0.15, -0.1) is 0 Å². The predicted octanol–water partition coefficient (Wildman–Crippen LogP) is 7.01. The number of fused-ring (bicyclic) bond motifs is 3. The first-order chi connectivity index (χ1) is 20.3. The number of halogens is 2. The molecule has 1 atom stereocenters. The number of nitrogens with zero attached hydrogens (tertiary/aromatic N) is 5. The first-order valence-corrected chi connectivity index (χ1v) is 15.8. The quantitative estimate of drug-likeness (QED) is 0.270. The molecule has 6 saturated carbocycles. The third kappa shape index (κ3) is 4.94. The molecule has 0 radical (unpaired) electrons. The fraction of sp³-hybridized carbons (Fsp3) is 0.656. The van der Waals surface area contributed by atoms with Gasteiger partial charge in [-0.1, -0.05) is 16.4 Å².